The van der Waals surface area contributed by atoms with Gasteiger partial charge < -0.3 is 4.74 Å². The molecule has 0 fully saturated rings. The van der Waals surface area contributed by atoms with Gasteiger partial charge in [-0.1, -0.05) is 41.1 Å². The molecule has 0 saturated heterocycles. The number of carbonyl (C=O) groups excluding carboxylic acids is 1. The van der Waals surface area contributed by atoms with Crippen LogP contribution in [-0.4, -0.2) is 31.2 Å². The van der Waals surface area contributed by atoms with Gasteiger partial charge in [0.25, 0.3) is 21.5 Å². The molecule has 2 N–H and O–H groups in total. The molecule has 1 aromatic heterocycles. The molecule has 0 saturated carbocycles. The molecule has 0 aliphatic carbocycles. The van der Waals surface area contributed by atoms with Gasteiger partial charge in [-0.25, -0.2) is 13.1 Å². The quantitative estimate of drug-likeness (QED) is 0.485. The highest BCUT2D eigenvalue weighted by Gasteiger charge is 2.23. The van der Waals surface area contributed by atoms with Crippen molar-refractivity contribution in [2.24, 2.45) is 0 Å². The van der Waals surface area contributed by atoms with Crippen LogP contribution in [-0.2, 0) is 16.6 Å². The fourth-order valence-electron chi connectivity index (χ4n) is 2.85. The summed E-state index contributed by atoms with van der Waals surface area (Å²) in [5, 5.41) is 4.78. The Bertz CT molecular complexity index is 1270. The molecule has 9 nitrogen and oxygen atoms in total. The molecule has 2 aromatic carbocycles. The van der Waals surface area contributed by atoms with Gasteiger partial charge in [0, 0.05) is 16.4 Å². The number of carbonyl (C=O) groups is 1. The Hall–Kier alpha value is -2.76. The first kappa shape index (κ1) is 21.9. The van der Waals surface area contributed by atoms with E-state index in [1.165, 1.54) is 23.9 Å². The third-order valence-corrected chi connectivity index (χ3v) is 5.99. The topological polar surface area (TPSA) is 119 Å². The zero-order chi connectivity index (χ0) is 21.9. The van der Waals surface area contributed by atoms with E-state index in [4.69, 9.17) is 4.74 Å². The van der Waals surface area contributed by atoms with Gasteiger partial charge in [-0.05, 0) is 30.7 Å². The summed E-state index contributed by atoms with van der Waals surface area (Å²) in [5.74, 6) is -0.686. The molecule has 1 heterocycles. The molecular formula is C19H19BrN4O5S. The van der Waals surface area contributed by atoms with Crippen molar-refractivity contribution in [1.29, 1.82) is 0 Å². The monoisotopic (exact) mass is 494 g/mol. The summed E-state index contributed by atoms with van der Waals surface area (Å²) in [7, 11) is -2.80. The van der Waals surface area contributed by atoms with E-state index in [0.29, 0.717) is 28.2 Å². The molecule has 11 heteroatoms. The van der Waals surface area contributed by atoms with E-state index >= 15 is 0 Å². The third-order valence-electron chi connectivity index (χ3n) is 4.23. The van der Waals surface area contributed by atoms with E-state index in [2.05, 4.69) is 31.3 Å². The number of aryl methyl sites for hydroxylation is 1. The molecule has 3 aromatic rings. The predicted octanol–water partition coefficient (Wildman–Crippen LogP) is 2.20. The van der Waals surface area contributed by atoms with Crippen LogP contribution in [0.4, 0.5) is 0 Å². The summed E-state index contributed by atoms with van der Waals surface area (Å²) in [6.07, 6.45) is 0.640. The molecule has 0 bridgehead atoms. The van der Waals surface area contributed by atoms with E-state index in [9.17, 15) is 18.0 Å². The minimum Gasteiger partial charge on any atom is -0.495 e. The average Bonchev–Trinajstić information content (AvgIpc) is 2.74. The predicted molar refractivity (Wildman–Crippen MR) is 115 cm³/mol. The number of rotatable bonds is 7. The van der Waals surface area contributed by atoms with Crippen molar-refractivity contribution in [3.63, 3.8) is 0 Å². The van der Waals surface area contributed by atoms with E-state index in [-0.39, 0.29) is 21.9 Å². The molecule has 158 valence electrons. The average molecular weight is 495 g/mol. The molecule has 0 aliphatic heterocycles. The summed E-state index contributed by atoms with van der Waals surface area (Å²) in [5.41, 5.74) is 1.78. The number of aromatic nitrogens is 2. The van der Waals surface area contributed by atoms with Crippen molar-refractivity contribution in [2.45, 2.75) is 24.8 Å². The molecular weight excluding hydrogens is 476 g/mol. The number of nitrogens with one attached hydrogen (secondary N) is 2. The number of fused-ring (bicyclic) bond motifs is 1. The Labute approximate surface area is 181 Å². The molecule has 1 amide bonds. The molecule has 3 rings (SSSR count). The Kier molecular flexibility index (Phi) is 6.54. The highest BCUT2D eigenvalue weighted by Crippen LogP contribution is 2.26. The number of methoxy groups -OCH3 is 1. The summed E-state index contributed by atoms with van der Waals surface area (Å²) in [6, 6.07) is 11.0. The fourth-order valence-corrected chi connectivity index (χ4v) is 4.40. The van der Waals surface area contributed by atoms with Gasteiger partial charge in [-0.2, -0.15) is 5.10 Å². The lowest BCUT2D eigenvalue weighted by Crippen LogP contribution is -2.42. The van der Waals surface area contributed by atoms with Crippen LogP contribution in [0, 0.1) is 0 Å². The molecule has 0 aliphatic rings. The zero-order valence-electron chi connectivity index (χ0n) is 16.2. The van der Waals surface area contributed by atoms with Crippen molar-refractivity contribution in [3.05, 3.63) is 63.0 Å². The van der Waals surface area contributed by atoms with Crippen LogP contribution in [0.15, 0.2) is 56.6 Å². The SMILES string of the molecule is CCCn1nc(C(=O)NNS(=O)(=O)c2cc(Br)ccc2OC)c2ccccc2c1=O. The second kappa shape index (κ2) is 8.94. The van der Waals surface area contributed by atoms with Gasteiger partial charge >= 0.3 is 0 Å². The number of ether oxygens (including phenoxy) is 1. The minimum atomic E-state index is -4.14. The van der Waals surface area contributed by atoms with Crippen molar-refractivity contribution < 1.29 is 17.9 Å². The van der Waals surface area contributed by atoms with Crippen LogP contribution >= 0.6 is 15.9 Å². The van der Waals surface area contributed by atoms with Crippen molar-refractivity contribution in [3.8, 4) is 5.75 Å². The Balaban J connectivity index is 1.95. The summed E-state index contributed by atoms with van der Waals surface area (Å²) in [4.78, 5) is 27.2. The smallest absolute Gasteiger partial charge is 0.287 e. The summed E-state index contributed by atoms with van der Waals surface area (Å²) >= 11 is 3.21. The minimum absolute atomic E-state index is 0.0671. The highest BCUT2D eigenvalue weighted by molar-refractivity contribution is 9.10. The lowest BCUT2D eigenvalue weighted by Gasteiger charge is -2.13. The number of halogens is 1. The molecule has 0 spiro atoms. The molecule has 0 unspecified atom stereocenters. The number of sulfonamides is 1. The summed E-state index contributed by atoms with van der Waals surface area (Å²) < 4.78 is 32.2. The maximum Gasteiger partial charge on any atom is 0.287 e. The lowest BCUT2D eigenvalue weighted by molar-refractivity contribution is 0.0939. The van der Waals surface area contributed by atoms with Crippen molar-refractivity contribution in [2.75, 3.05) is 7.11 Å². The zero-order valence-corrected chi connectivity index (χ0v) is 18.6. The van der Waals surface area contributed by atoms with Gasteiger partial charge in [0.1, 0.15) is 10.6 Å². The van der Waals surface area contributed by atoms with Gasteiger partial charge in [0.05, 0.1) is 12.5 Å². The van der Waals surface area contributed by atoms with Crippen molar-refractivity contribution >= 4 is 42.6 Å². The number of nitrogens with zero attached hydrogens (tertiary/aromatic N) is 2. The largest absolute Gasteiger partial charge is 0.495 e. The second-order valence-electron chi connectivity index (χ2n) is 6.28. The lowest BCUT2D eigenvalue weighted by atomic mass is 10.1. The second-order valence-corrected chi connectivity index (χ2v) is 8.84. The Morgan fingerprint density at radius 3 is 2.57 bits per heavy atom. The summed E-state index contributed by atoms with van der Waals surface area (Å²) in [6.45, 7) is 2.20. The van der Waals surface area contributed by atoms with Crippen LogP contribution in [0.1, 0.15) is 23.8 Å². The van der Waals surface area contributed by atoms with E-state index < -0.39 is 15.9 Å². The van der Waals surface area contributed by atoms with Crippen LogP contribution in [0.5, 0.6) is 5.75 Å². The number of benzene rings is 2. The first-order valence-corrected chi connectivity index (χ1v) is 11.2. The Morgan fingerprint density at radius 2 is 1.90 bits per heavy atom. The van der Waals surface area contributed by atoms with Gasteiger partial charge in [-0.15, -0.1) is 4.83 Å². The normalized spacial score (nSPS) is 11.4. The third kappa shape index (κ3) is 4.37. The van der Waals surface area contributed by atoms with Gasteiger partial charge in [0.2, 0.25) is 0 Å². The highest BCUT2D eigenvalue weighted by atomic mass is 79.9. The van der Waals surface area contributed by atoms with Crippen molar-refractivity contribution in [1.82, 2.24) is 20.0 Å². The van der Waals surface area contributed by atoms with E-state index in [1.54, 1.807) is 30.3 Å². The standard InChI is InChI=1S/C19H19BrN4O5S/c1-3-10-24-19(26)14-7-5-4-6-13(14)17(22-24)18(25)21-23-30(27,28)16-11-12(20)8-9-15(16)29-2/h4-9,11,23H,3,10H2,1-2H3,(H,21,25). The number of amides is 1. The van der Waals surface area contributed by atoms with Gasteiger partial charge in [0.15, 0.2) is 5.69 Å². The Morgan fingerprint density at radius 1 is 1.20 bits per heavy atom. The van der Waals surface area contributed by atoms with Crippen LogP contribution < -0.4 is 20.6 Å². The molecule has 0 radical (unpaired) electrons. The van der Waals surface area contributed by atoms with E-state index in [1.807, 2.05) is 6.92 Å². The molecule has 30 heavy (non-hydrogen) atoms. The maximum absolute atomic E-state index is 12.8. The van der Waals surface area contributed by atoms with E-state index in [0.717, 1.165) is 0 Å². The first-order valence-electron chi connectivity index (χ1n) is 8.94. The number of hydrazine groups is 1. The maximum atomic E-state index is 12.8. The number of hydrogen-bond donors (Lipinski definition) is 2. The molecule has 0 atom stereocenters. The number of hydrogen-bond acceptors (Lipinski definition) is 6. The van der Waals surface area contributed by atoms with Crippen LogP contribution in [0.2, 0.25) is 0 Å². The fraction of sp³-hybridized carbons (Fsp3) is 0.211. The first-order chi connectivity index (χ1) is 14.3. The van der Waals surface area contributed by atoms with Crippen LogP contribution in [0.3, 0.4) is 0 Å². The van der Waals surface area contributed by atoms with Crippen LogP contribution in [0.25, 0.3) is 10.8 Å². The van der Waals surface area contributed by atoms with Gasteiger partial charge in [-0.3, -0.25) is 15.0 Å².